The second-order valence-corrected chi connectivity index (χ2v) is 10.5. The molecule has 1 saturated heterocycles. The highest BCUT2D eigenvalue weighted by molar-refractivity contribution is 7.90. The molecule has 2 amide bonds. The van der Waals surface area contributed by atoms with E-state index in [0.29, 0.717) is 37.4 Å². The second-order valence-electron chi connectivity index (χ2n) is 8.23. The number of aromatic nitrogens is 4. The largest absolute Gasteiger partial charge is 0.324 e. The third-order valence-electron chi connectivity index (χ3n) is 5.60. The van der Waals surface area contributed by atoms with Gasteiger partial charge >= 0.3 is 6.03 Å². The van der Waals surface area contributed by atoms with E-state index in [1.807, 2.05) is 42.5 Å². The first-order chi connectivity index (χ1) is 15.8. The first-order valence-electron chi connectivity index (χ1n) is 10.8. The number of amides is 2. The Morgan fingerprint density at radius 3 is 2.33 bits per heavy atom. The summed E-state index contributed by atoms with van der Waals surface area (Å²) in [4.78, 5) is 14.4. The average Bonchev–Trinajstić information content (AvgIpc) is 3.30. The monoisotopic (exact) mass is 469 g/mol. The van der Waals surface area contributed by atoms with E-state index in [1.165, 1.54) is 0 Å². The minimum atomic E-state index is -3.31. The van der Waals surface area contributed by atoms with Gasteiger partial charge in [-0.3, -0.25) is 0 Å². The smallest absolute Gasteiger partial charge is 0.321 e. The molecule has 1 aliphatic heterocycles. The Hall–Kier alpha value is -3.31. The van der Waals surface area contributed by atoms with Crippen LogP contribution < -0.4 is 10.0 Å². The Bertz CT molecular complexity index is 1190. The maximum atomic E-state index is 12.7. The number of piperidine rings is 1. The van der Waals surface area contributed by atoms with Crippen LogP contribution in [-0.4, -0.2) is 63.9 Å². The van der Waals surface area contributed by atoms with Crippen molar-refractivity contribution in [3.8, 4) is 17.1 Å². The number of hydrogen-bond donors (Lipinski definition) is 2. The average molecular weight is 470 g/mol. The number of nitrogens with one attached hydrogen (secondary N) is 2. The van der Waals surface area contributed by atoms with Crippen LogP contribution >= 0.6 is 0 Å². The van der Waals surface area contributed by atoms with Crippen molar-refractivity contribution in [1.29, 1.82) is 0 Å². The SMILES string of the molecule is CC(C)S(=O)(=O)NC1CCN(C(=O)Nc2ccc(-c3nnnn3-c3ccccc3)cc2)CC1. The van der Waals surface area contributed by atoms with Gasteiger partial charge in [-0.1, -0.05) is 18.2 Å². The van der Waals surface area contributed by atoms with Gasteiger partial charge in [0.15, 0.2) is 5.82 Å². The molecule has 1 aliphatic rings. The Labute approximate surface area is 193 Å². The highest BCUT2D eigenvalue weighted by atomic mass is 32.2. The number of hydrogen-bond acceptors (Lipinski definition) is 6. The van der Waals surface area contributed by atoms with Gasteiger partial charge in [0.05, 0.1) is 10.9 Å². The van der Waals surface area contributed by atoms with Crippen LogP contribution in [-0.2, 0) is 10.0 Å². The molecule has 0 spiro atoms. The first-order valence-corrected chi connectivity index (χ1v) is 12.4. The van der Waals surface area contributed by atoms with Crippen molar-refractivity contribution < 1.29 is 13.2 Å². The van der Waals surface area contributed by atoms with Gasteiger partial charge in [0.2, 0.25) is 10.0 Å². The molecule has 1 fully saturated rings. The van der Waals surface area contributed by atoms with Crippen LogP contribution in [0.25, 0.3) is 17.1 Å². The fraction of sp³-hybridized carbons (Fsp3) is 0.364. The van der Waals surface area contributed by atoms with Crippen LogP contribution in [0.2, 0.25) is 0 Å². The summed E-state index contributed by atoms with van der Waals surface area (Å²) >= 11 is 0. The molecule has 11 heteroatoms. The minimum absolute atomic E-state index is 0.142. The third-order valence-corrected chi connectivity index (χ3v) is 7.50. The molecule has 0 saturated carbocycles. The lowest BCUT2D eigenvalue weighted by Gasteiger charge is -2.32. The van der Waals surface area contributed by atoms with Gasteiger partial charge in [-0.2, -0.15) is 4.68 Å². The van der Waals surface area contributed by atoms with Crippen LogP contribution in [0.5, 0.6) is 0 Å². The standard InChI is InChI=1S/C22H27N7O3S/c1-16(2)33(31,32)25-19-12-14-28(15-13-19)22(30)23-18-10-8-17(9-11-18)21-24-26-27-29(21)20-6-4-3-5-7-20/h3-11,16,19,25H,12-15H2,1-2H3,(H,23,30). The van der Waals surface area contributed by atoms with Gasteiger partial charge in [0, 0.05) is 30.4 Å². The van der Waals surface area contributed by atoms with Gasteiger partial charge in [-0.15, -0.1) is 5.10 Å². The number of anilines is 1. The van der Waals surface area contributed by atoms with E-state index < -0.39 is 15.3 Å². The lowest BCUT2D eigenvalue weighted by atomic mass is 10.1. The molecule has 10 nitrogen and oxygen atoms in total. The lowest BCUT2D eigenvalue weighted by Crippen LogP contribution is -2.48. The van der Waals surface area contributed by atoms with E-state index in [2.05, 4.69) is 25.6 Å². The molecule has 3 aromatic rings. The van der Waals surface area contributed by atoms with E-state index >= 15 is 0 Å². The number of para-hydroxylation sites is 1. The molecule has 33 heavy (non-hydrogen) atoms. The zero-order valence-electron chi connectivity index (χ0n) is 18.5. The van der Waals surface area contributed by atoms with Crippen molar-refractivity contribution in [3.63, 3.8) is 0 Å². The Morgan fingerprint density at radius 2 is 1.70 bits per heavy atom. The zero-order valence-corrected chi connectivity index (χ0v) is 19.4. The van der Waals surface area contributed by atoms with Crippen LogP contribution in [0.3, 0.4) is 0 Å². The van der Waals surface area contributed by atoms with E-state index in [4.69, 9.17) is 0 Å². The van der Waals surface area contributed by atoms with Gasteiger partial charge in [0.1, 0.15) is 0 Å². The van der Waals surface area contributed by atoms with Gasteiger partial charge in [-0.05, 0) is 73.5 Å². The van der Waals surface area contributed by atoms with Gasteiger partial charge in [-0.25, -0.2) is 17.9 Å². The molecular weight excluding hydrogens is 442 g/mol. The van der Waals surface area contributed by atoms with Crippen LogP contribution in [0.15, 0.2) is 54.6 Å². The summed E-state index contributed by atoms with van der Waals surface area (Å²) in [7, 11) is -3.31. The van der Waals surface area contributed by atoms with Crippen molar-refractivity contribution in [2.45, 2.75) is 38.0 Å². The molecular formula is C22H27N7O3S. The van der Waals surface area contributed by atoms with Gasteiger partial charge in [0.25, 0.3) is 0 Å². The number of sulfonamides is 1. The predicted molar refractivity (Wildman–Crippen MR) is 125 cm³/mol. The zero-order chi connectivity index (χ0) is 23.4. The molecule has 0 radical (unpaired) electrons. The molecule has 2 heterocycles. The lowest BCUT2D eigenvalue weighted by molar-refractivity contribution is 0.193. The van der Waals surface area contributed by atoms with Crippen LogP contribution in [0.1, 0.15) is 26.7 Å². The number of nitrogens with zero attached hydrogens (tertiary/aromatic N) is 5. The maximum absolute atomic E-state index is 12.7. The molecule has 2 N–H and O–H groups in total. The van der Waals surface area contributed by atoms with Crippen molar-refractivity contribution in [2.75, 3.05) is 18.4 Å². The summed E-state index contributed by atoms with van der Waals surface area (Å²) in [6, 6.07) is 16.6. The predicted octanol–water partition coefficient (Wildman–Crippen LogP) is 2.65. The van der Waals surface area contributed by atoms with E-state index in [9.17, 15) is 13.2 Å². The Kier molecular flexibility index (Phi) is 6.70. The molecule has 0 atom stereocenters. The Balaban J connectivity index is 1.35. The topological polar surface area (TPSA) is 122 Å². The third kappa shape index (κ3) is 5.37. The van der Waals surface area contributed by atoms with Crippen LogP contribution in [0.4, 0.5) is 10.5 Å². The highest BCUT2D eigenvalue weighted by Crippen LogP contribution is 2.22. The first kappa shape index (κ1) is 22.9. The van der Waals surface area contributed by atoms with Crippen LogP contribution in [0, 0.1) is 0 Å². The number of carbonyl (C=O) groups is 1. The number of carbonyl (C=O) groups excluding carboxylic acids is 1. The van der Waals surface area contributed by atoms with E-state index in [-0.39, 0.29) is 12.1 Å². The quantitative estimate of drug-likeness (QED) is 0.572. The van der Waals surface area contributed by atoms with Crippen molar-refractivity contribution >= 4 is 21.7 Å². The second kappa shape index (κ2) is 9.67. The van der Waals surface area contributed by atoms with Gasteiger partial charge < -0.3 is 10.2 Å². The molecule has 2 aromatic carbocycles. The number of benzene rings is 2. The summed E-state index contributed by atoms with van der Waals surface area (Å²) in [5.74, 6) is 0.602. The molecule has 0 unspecified atom stereocenters. The van der Waals surface area contributed by atoms with Crippen molar-refractivity contribution in [3.05, 3.63) is 54.6 Å². The minimum Gasteiger partial charge on any atom is -0.324 e. The summed E-state index contributed by atoms with van der Waals surface area (Å²) in [6.45, 7) is 4.28. The number of urea groups is 1. The van der Waals surface area contributed by atoms with E-state index in [1.54, 1.807) is 35.6 Å². The number of likely N-dealkylation sites (tertiary alicyclic amines) is 1. The summed E-state index contributed by atoms with van der Waals surface area (Å²) in [5, 5.41) is 14.4. The number of tetrazole rings is 1. The maximum Gasteiger partial charge on any atom is 0.321 e. The fourth-order valence-electron chi connectivity index (χ4n) is 3.58. The molecule has 0 bridgehead atoms. The normalized spacial score (nSPS) is 15.1. The fourth-order valence-corrected chi connectivity index (χ4v) is 4.56. The summed E-state index contributed by atoms with van der Waals surface area (Å²) < 4.78 is 28.5. The molecule has 1 aromatic heterocycles. The highest BCUT2D eigenvalue weighted by Gasteiger charge is 2.27. The number of rotatable bonds is 6. The summed E-state index contributed by atoms with van der Waals surface area (Å²) in [6.07, 6.45) is 1.17. The Morgan fingerprint density at radius 1 is 1.03 bits per heavy atom. The van der Waals surface area contributed by atoms with Crippen molar-refractivity contribution in [1.82, 2.24) is 29.8 Å². The summed E-state index contributed by atoms with van der Waals surface area (Å²) in [5.41, 5.74) is 2.33. The van der Waals surface area contributed by atoms with E-state index in [0.717, 1.165) is 11.3 Å². The molecule has 0 aliphatic carbocycles. The molecule has 4 rings (SSSR count). The molecule has 174 valence electrons. The van der Waals surface area contributed by atoms with Crippen molar-refractivity contribution in [2.24, 2.45) is 0 Å².